The molecular formula is C25H17N3O3. The molecule has 6 nitrogen and oxygen atoms in total. The van der Waals surface area contributed by atoms with E-state index in [4.69, 9.17) is 10.00 Å². The third kappa shape index (κ3) is 5.66. The number of amides is 1. The minimum absolute atomic E-state index is 0.0891. The fraction of sp³-hybridized carbons (Fsp3) is 0.0400. The number of hydrogen-bond donors (Lipinski definition) is 1. The molecule has 0 spiro atoms. The lowest BCUT2D eigenvalue weighted by Gasteiger charge is -2.06. The highest BCUT2D eigenvalue weighted by Crippen LogP contribution is 2.17. The number of anilines is 1. The molecule has 6 heteroatoms. The van der Waals surface area contributed by atoms with Gasteiger partial charge in [-0.2, -0.15) is 10.5 Å². The molecule has 0 saturated heterocycles. The first-order chi connectivity index (χ1) is 15.0. The fourth-order valence-corrected chi connectivity index (χ4v) is 2.63. The van der Waals surface area contributed by atoms with Gasteiger partial charge in [-0.05, 0) is 67.1 Å². The Balaban J connectivity index is 1.67. The van der Waals surface area contributed by atoms with Crippen LogP contribution in [0, 0.1) is 29.6 Å². The topological polar surface area (TPSA) is 103 Å². The minimum Gasteiger partial charge on any atom is -0.423 e. The van der Waals surface area contributed by atoms with Crippen LogP contribution >= 0.6 is 0 Å². The molecule has 1 N–H and O–H groups in total. The number of carbonyl (C=O) groups excluding carboxylic acids is 2. The summed E-state index contributed by atoms with van der Waals surface area (Å²) in [5.74, 6) is -0.687. The third-order valence-corrected chi connectivity index (χ3v) is 4.33. The normalized spacial score (nSPS) is 10.5. The number of aryl methyl sites for hydroxylation is 1. The van der Waals surface area contributed by atoms with E-state index in [1.807, 2.05) is 31.2 Å². The Morgan fingerprint density at radius 2 is 1.55 bits per heavy atom. The maximum absolute atomic E-state index is 12.4. The van der Waals surface area contributed by atoms with Crippen LogP contribution in [0.4, 0.5) is 5.69 Å². The van der Waals surface area contributed by atoms with Gasteiger partial charge in [0.2, 0.25) is 0 Å². The highest BCUT2D eigenvalue weighted by Gasteiger charge is 2.11. The number of carbonyl (C=O) groups is 2. The number of ether oxygens (including phenoxy) is 1. The summed E-state index contributed by atoms with van der Waals surface area (Å²) in [7, 11) is 0. The predicted molar refractivity (Wildman–Crippen MR) is 116 cm³/mol. The Morgan fingerprint density at radius 3 is 2.13 bits per heavy atom. The van der Waals surface area contributed by atoms with E-state index >= 15 is 0 Å². The number of esters is 1. The average molecular weight is 407 g/mol. The molecule has 0 aliphatic carbocycles. The molecular weight excluding hydrogens is 390 g/mol. The molecule has 3 aromatic rings. The van der Waals surface area contributed by atoms with Crippen LogP contribution in [-0.4, -0.2) is 11.9 Å². The van der Waals surface area contributed by atoms with Crippen molar-refractivity contribution < 1.29 is 14.3 Å². The smallest absolute Gasteiger partial charge is 0.343 e. The fourth-order valence-electron chi connectivity index (χ4n) is 2.63. The first-order valence-electron chi connectivity index (χ1n) is 9.31. The number of nitrogens with one attached hydrogen (secondary N) is 1. The molecule has 3 aromatic carbocycles. The molecule has 0 atom stereocenters. The standard InChI is InChI=1S/C25H17N3O3/c1-17-2-8-20(9-3-17)25(30)31-23-12-6-18(7-13-23)14-21(16-27)24(29)28-22-10-4-19(15-26)5-11-22/h2-14H,1H3,(H,28,29)/b21-14+. The summed E-state index contributed by atoms with van der Waals surface area (Å²) in [6, 6.07) is 23.7. The molecule has 150 valence electrons. The van der Waals surface area contributed by atoms with E-state index in [2.05, 4.69) is 5.32 Å². The molecule has 0 aliphatic rings. The Morgan fingerprint density at radius 1 is 0.903 bits per heavy atom. The Labute approximate surface area is 179 Å². The molecule has 0 radical (unpaired) electrons. The van der Waals surface area contributed by atoms with E-state index in [1.165, 1.54) is 6.08 Å². The van der Waals surface area contributed by atoms with Gasteiger partial charge in [-0.1, -0.05) is 29.8 Å². The number of benzene rings is 3. The Hall–Kier alpha value is -4.68. The number of hydrogen-bond acceptors (Lipinski definition) is 5. The Kier molecular flexibility index (Phi) is 6.57. The molecule has 0 bridgehead atoms. The van der Waals surface area contributed by atoms with Gasteiger partial charge in [0.15, 0.2) is 0 Å². The van der Waals surface area contributed by atoms with Gasteiger partial charge in [-0.15, -0.1) is 0 Å². The largest absolute Gasteiger partial charge is 0.423 e. The molecule has 1 amide bonds. The van der Waals surface area contributed by atoms with Crippen LogP contribution < -0.4 is 10.1 Å². The van der Waals surface area contributed by atoms with Crippen molar-refractivity contribution in [3.05, 3.63) is 101 Å². The molecule has 0 aromatic heterocycles. The van der Waals surface area contributed by atoms with Gasteiger partial charge in [0.1, 0.15) is 17.4 Å². The van der Waals surface area contributed by atoms with Crippen LogP contribution in [0.5, 0.6) is 5.75 Å². The number of rotatable bonds is 5. The van der Waals surface area contributed by atoms with Crippen LogP contribution in [0.1, 0.15) is 27.0 Å². The van der Waals surface area contributed by atoms with E-state index in [0.29, 0.717) is 28.1 Å². The summed E-state index contributed by atoms with van der Waals surface area (Å²) in [4.78, 5) is 24.5. The SMILES string of the molecule is Cc1ccc(C(=O)Oc2ccc(/C=C(\C#N)C(=O)Nc3ccc(C#N)cc3)cc2)cc1. The van der Waals surface area contributed by atoms with Crippen molar-refractivity contribution in [2.75, 3.05) is 5.32 Å². The average Bonchev–Trinajstić information content (AvgIpc) is 2.79. The van der Waals surface area contributed by atoms with Crippen molar-refractivity contribution in [3.63, 3.8) is 0 Å². The molecule has 31 heavy (non-hydrogen) atoms. The first-order valence-corrected chi connectivity index (χ1v) is 9.31. The van der Waals surface area contributed by atoms with Crippen LogP contribution in [0.15, 0.2) is 78.4 Å². The van der Waals surface area contributed by atoms with Crippen molar-refractivity contribution in [1.29, 1.82) is 10.5 Å². The third-order valence-electron chi connectivity index (χ3n) is 4.33. The Bertz CT molecular complexity index is 1210. The molecule has 3 rings (SSSR count). The summed E-state index contributed by atoms with van der Waals surface area (Å²) < 4.78 is 5.35. The molecule has 0 heterocycles. The number of nitriles is 2. The van der Waals surface area contributed by atoms with Crippen LogP contribution in [-0.2, 0) is 4.79 Å². The summed E-state index contributed by atoms with van der Waals surface area (Å²) >= 11 is 0. The summed E-state index contributed by atoms with van der Waals surface area (Å²) in [6.45, 7) is 1.93. The number of nitrogens with zero attached hydrogens (tertiary/aromatic N) is 2. The highest BCUT2D eigenvalue weighted by molar-refractivity contribution is 6.09. The lowest BCUT2D eigenvalue weighted by atomic mass is 10.1. The predicted octanol–water partition coefficient (Wildman–Crippen LogP) is 4.63. The van der Waals surface area contributed by atoms with Crippen LogP contribution in [0.2, 0.25) is 0 Å². The lowest BCUT2D eigenvalue weighted by Crippen LogP contribution is -2.13. The zero-order chi connectivity index (χ0) is 22.2. The van der Waals surface area contributed by atoms with E-state index in [0.717, 1.165) is 5.56 Å². The zero-order valence-electron chi connectivity index (χ0n) is 16.6. The van der Waals surface area contributed by atoms with Crippen molar-refractivity contribution in [2.45, 2.75) is 6.92 Å². The van der Waals surface area contributed by atoms with E-state index in [9.17, 15) is 14.9 Å². The summed E-state index contributed by atoms with van der Waals surface area (Å²) in [5, 5.41) is 20.8. The second-order valence-corrected chi connectivity index (χ2v) is 6.64. The van der Waals surface area contributed by atoms with Gasteiger partial charge in [-0.25, -0.2) is 4.79 Å². The van der Waals surface area contributed by atoms with Gasteiger partial charge >= 0.3 is 5.97 Å². The van der Waals surface area contributed by atoms with Crippen molar-refractivity contribution >= 4 is 23.6 Å². The minimum atomic E-state index is -0.568. The van der Waals surface area contributed by atoms with Gasteiger partial charge in [0.05, 0.1) is 17.2 Å². The molecule has 0 aliphatic heterocycles. The zero-order valence-corrected chi connectivity index (χ0v) is 16.6. The van der Waals surface area contributed by atoms with Crippen LogP contribution in [0.3, 0.4) is 0 Å². The maximum atomic E-state index is 12.4. The van der Waals surface area contributed by atoms with Gasteiger partial charge in [0.25, 0.3) is 5.91 Å². The van der Waals surface area contributed by atoms with Gasteiger partial charge in [0, 0.05) is 5.69 Å². The van der Waals surface area contributed by atoms with Crippen molar-refractivity contribution in [1.82, 2.24) is 0 Å². The second-order valence-electron chi connectivity index (χ2n) is 6.64. The maximum Gasteiger partial charge on any atom is 0.343 e. The summed E-state index contributed by atoms with van der Waals surface area (Å²) in [6.07, 6.45) is 1.44. The van der Waals surface area contributed by atoms with Crippen LogP contribution in [0.25, 0.3) is 6.08 Å². The molecule has 0 unspecified atom stereocenters. The highest BCUT2D eigenvalue weighted by atomic mass is 16.5. The lowest BCUT2D eigenvalue weighted by molar-refractivity contribution is -0.112. The quantitative estimate of drug-likeness (QED) is 0.287. The second kappa shape index (κ2) is 9.69. The first kappa shape index (κ1) is 21.0. The van der Waals surface area contributed by atoms with E-state index < -0.39 is 11.9 Å². The van der Waals surface area contributed by atoms with Crippen molar-refractivity contribution in [2.24, 2.45) is 0 Å². The van der Waals surface area contributed by atoms with Gasteiger partial charge < -0.3 is 10.1 Å². The summed E-state index contributed by atoms with van der Waals surface area (Å²) in [5.41, 5.74) is 2.95. The molecule has 0 saturated carbocycles. The monoisotopic (exact) mass is 407 g/mol. The van der Waals surface area contributed by atoms with E-state index in [1.54, 1.807) is 60.7 Å². The van der Waals surface area contributed by atoms with Gasteiger partial charge in [-0.3, -0.25) is 4.79 Å². The van der Waals surface area contributed by atoms with Crippen molar-refractivity contribution in [3.8, 4) is 17.9 Å². The van der Waals surface area contributed by atoms with E-state index in [-0.39, 0.29) is 5.57 Å². The molecule has 0 fully saturated rings.